The van der Waals surface area contributed by atoms with Crippen LogP contribution in [0.4, 0.5) is 39.5 Å². The second-order valence-corrected chi connectivity index (χ2v) is 23.9. The molecule has 0 amide bonds. The van der Waals surface area contributed by atoms with Crippen molar-refractivity contribution in [3.63, 3.8) is 0 Å². The van der Waals surface area contributed by atoms with Crippen LogP contribution in [-0.2, 0) is 28.0 Å². The zero-order chi connectivity index (χ0) is 59.2. The van der Waals surface area contributed by atoms with Crippen molar-refractivity contribution < 1.29 is 81.9 Å². The monoisotopic (exact) mass is 1250 g/mol. The summed E-state index contributed by atoms with van der Waals surface area (Å²) < 4.78 is 156. The van der Waals surface area contributed by atoms with Crippen molar-refractivity contribution in [2.24, 2.45) is 35.5 Å². The van der Waals surface area contributed by atoms with E-state index < -0.39 is 19.1 Å². The molecular formula is C63H61BrF9N3O9. The minimum atomic E-state index is -4.77. The lowest BCUT2D eigenvalue weighted by Gasteiger charge is -2.19. The summed E-state index contributed by atoms with van der Waals surface area (Å²) in [7, 11) is 0. The number of hydrogen-bond acceptors (Lipinski definition) is 12. The smallest absolute Gasteiger partial charge is 0.405 e. The highest BCUT2D eigenvalue weighted by Crippen LogP contribution is 2.50. The second-order valence-electron chi connectivity index (χ2n) is 23.3. The Morgan fingerprint density at radius 3 is 1.04 bits per heavy atom. The Kier molecular flexibility index (Phi) is 17.0. The summed E-state index contributed by atoms with van der Waals surface area (Å²) in [6, 6.07) is 18.0. The van der Waals surface area contributed by atoms with Crippen molar-refractivity contribution in [1.82, 2.24) is 15.5 Å². The van der Waals surface area contributed by atoms with E-state index in [9.17, 15) is 39.5 Å². The van der Waals surface area contributed by atoms with Gasteiger partial charge in [-0.1, -0.05) is 104 Å². The molecule has 0 radical (unpaired) electrons. The van der Waals surface area contributed by atoms with E-state index in [1.54, 1.807) is 36.4 Å². The third-order valence-electron chi connectivity index (χ3n) is 17.1. The van der Waals surface area contributed by atoms with Gasteiger partial charge in [-0.05, 0) is 131 Å². The molecule has 0 saturated heterocycles. The van der Waals surface area contributed by atoms with E-state index in [1.807, 2.05) is 0 Å². The number of rotatable bonds is 16. The van der Waals surface area contributed by atoms with Crippen LogP contribution in [0.2, 0.25) is 0 Å². The van der Waals surface area contributed by atoms with E-state index >= 15 is 0 Å². The minimum absolute atomic E-state index is 0.00926. The number of aromatic nitrogens is 3. The maximum atomic E-state index is 12.8. The van der Waals surface area contributed by atoms with Gasteiger partial charge in [-0.15, -0.1) is 39.5 Å². The van der Waals surface area contributed by atoms with Gasteiger partial charge in [-0.2, -0.15) is 0 Å². The predicted molar refractivity (Wildman–Crippen MR) is 294 cm³/mol. The van der Waals surface area contributed by atoms with E-state index in [0.717, 1.165) is 111 Å². The van der Waals surface area contributed by atoms with Crippen molar-refractivity contribution >= 4 is 15.9 Å². The van der Waals surface area contributed by atoms with Crippen LogP contribution in [0.5, 0.6) is 17.2 Å². The van der Waals surface area contributed by atoms with Gasteiger partial charge in [0.2, 0.25) is 0 Å². The van der Waals surface area contributed by atoms with Gasteiger partial charge in [-0.25, -0.2) is 0 Å². The van der Waals surface area contributed by atoms with Crippen LogP contribution in [-0.4, -0.2) is 58.0 Å². The lowest BCUT2D eigenvalue weighted by molar-refractivity contribution is -0.275. The third-order valence-corrected chi connectivity index (χ3v) is 17.7. The Morgan fingerprint density at radius 1 is 0.435 bits per heavy atom. The molecule has 3 unspecified atom stereocenters. The SMILES string of the molecule is FC(F)(F)Oc1ccccc1-c1noc(C2CC2)c1CBr.FC(F)(F)Oc1ccccc1-c1noc(C2CC2)c1CO[C@@H]1C[C@H]2C=C[C@@H]1C2.FC(F)(F)Oc1ccccc1-c1noc(C2CC2)c1CO[C@H]1C[C@H]2C=C[C@@H]1C2.OC1CC2C=CC1C2. The first-order valence-corrected chi connectivity index (χ1v) is 30.0. The minimum Gasteiger partial charge on any atom is -0.405 e. The molecule has 3 aromatic heterocycles. The molecule has 85 heavy (non-hydrogen) atoms. The van der Waals surface area contributed by atoms with E-state index in [2.05, 4.69) is 82.1 Å². The number of aliphatic hydroxyl groups is 1. The van der Waals surface area contributed by atoms with Gasteiger partial charge in [0, 0.05) is 74.2 Å². The fraction of sp³-hybridized carbons (Fsp3) is 0.476. The van der Waals surface area contributed by atoms with Gasteiger partial charge in [0.25, 0.3) is 0 Å². The van der Waals surface area contributed by atoms with Gasteiger partial charge in [0.15, 0.2) is 0 Å². The molecule has 15 rings (SSSR count). The molecule has 3 aromatic carbocycles. The van der Waals surface area contributed by atoms with E-state index in [0.29, 0.717) is 57.9 Å². The molecule has 6 fully saturated rings. The lowest BCUT2D eigenvalue weighted by Crippen LogP contribution is -2.18. The first-order valence-electron chi connectivity index (χ1n) is 28.8. The fourth-order valence-corrected chi connectivity index (χ4v) is 13.2. The average molecular weight is 1260 g/mol. The first kappa shape index (κ1) is 59.0. The molecule has 12 nitrogen and oxygen atoms in total. The van der Waals surface area contributed by atoms with Crippen molar-refractivity contribution in [3.05, 3.63) is 143 Å². The molecule has 0 aliphatic heterocycles. The lowest BCUT2D eigenvalue weighted by atomic mass is 10.0. The number of nitrogens with zero attached hydrogens (tertiary/aromatic N) is 3. The highest BCUT2D eigenvalue weighted by Gasteiger charge is 2.42. The normalized spacial score (nSPS) is 25.8. The molecule has 452 valence electrons. The number of hydrogen-bond donors (Lipinski definition) is 1. The Labute approximate surface area is 491 Å². The van der Waals surface area contributed by atoms with E-state index in [4.69, 9.17) is 28.1 Å². The number of halogens is 10. The third kappa shape index (κ3) is 14.2. The zero-order valence-corrected chi connectivity index (χ0v) is 47.3. The van der Waals surface area contributed by atoms with Crippen LogP contribution in [0, 0.1) is 35.5 Å². The number of alkyl halides is 10. The summed E-state index contributed by atoms with van der Waals surface area (Å²) >= 11 is 3.35. The van der Waals surface area contributed by atoms with E-state index in [-0.39, 0.29) is 77.3 Å². The summed E-state index contributed by atoms with van der Waals surface area (Å²) in [4.78, 5) is 0. The largest absolute Gasteiger partial charge is 0.573 e. The number of fused-ring (bicyclic) bond motifs is 6. The van der Waals surface area contributed by atoms with E-state index in [1.165, 1.54) is 42.8 Å². The van der Waals surface area contributed by atoms with Crippen molar-refractivity contribution in [2.75, 3.05) is 0 Å². The highest BCUT2D eigenvalue weighted by molar-refractivity contribution is 9.08. The summed E-state index contributed by atoms with van der Waals surface area (Å²) in [5.41, 5.74) is 4.23. The number of para-hydroxylation sites is 3. The van der Waals surface area contributed by atoms with Crippen LogP contribution in [0.25, 0.3) is 33.8 Å². The zero-order valence-electron chi connectivity index (χ0n) is 45.8. The van der Waals surface area contributed by atoms with Crippen molar-refractivity contribution in [1.29, 1.82) is 0 Å². The molecule has 6 aromatic rings. The molecule has 6 saturated carbocycles. The van der Waals surface area contributed by atoms with Gasteiger partial charge in [0.05, 0.1) is 31.5 Å². The molecule has 3 heterocycles. The van der Waals surface area contributed by atoms with Crippen LogP contribution >= 0.6 is 15.9 Å². The molecule has 6 bridgehead atoms. The highest BCUT2D eigenvalue weighted by atomic mass is 79.9. The molecule has 9 aliphatic carbocycles. The van der Waals surface area contributed by atoms with Crippen molar-refractivity contribution in [2.45, 2.75) is 151 Å². The van der Waals surface area contributed by atoms with Crippen LogP contribution in [0.1, 0.15) is 129 Å². The van der Waals surface area contributed by atoms with Crippen molar-refractivity contribution in [3.8, 4) is 51.0 Å². The molecule has 1 N–H and O–H groups in total. The summed E-state index contributed by atoms with van der Waals surface area (Å²) in [6.45, 7) is 0.569. The molecule has 0 spiro atoms. The average Bonchev–Trinajstić information content (AvgIpc) is 3.69. The van der Waals surface area contributed by atoms with Gasteiger partial charge in [0.1, 0.15) is 51.6 Å². The quantitative estimate of drug-likeness (QED) is 0.0559. The summed E-state index contributed by atoms with van der Waals surface area (Å²) in [5.74, 6) is 5.51. The van der Waals surface area contributed by atoms with Crippen LogP contribution in [0.15, 0.2) is 123 Å². The number of ether oxygens (including phenoxy) is 5. The maximum absolute atomic E-state index is 12.8. The molecule has 22 heteroatoms. The predicted octanol–water partition coefficient (Wildman–Crippen LogP) is 17.2. The maximum Gasteiger partial charge on any atom is 0.573 e. The summed E-state index contributed by atoms with van der Waals surface area (Å²) in [6.07, 6.45) is 11.8. The Morgan fingerprint density at radius 2 is 0.765 bits per heavy atom. The molecular weight excluding hydrogens is 1190 g/mol. The Bertz CT molecular complexity index is 3250. The van der Waals surface area contributed by atoms with Crippen LogP contribution < -0.4 is 14.2 Å². The number of aliphatic hydroxyl groups excluding tert-OH is 1. The van der Waals surface area contributed by atoms with Crippen LogP contribution in [0.3, 0.4) is 0 Å². The number of allylic oxidation sites excluding steroid dienone is 3. The second kappa shape index (κ2) is 24.4. The standard InChI is InChI=1S/2C21H20F3NO3.C14H11BrF3NO2.C7H10O/c2*22-21(23,24)27-17-4-2-1-3-15(17)19-16(20(28-25-19)13-7-8-13)11-26-18-10-12-5-6-14(18)9-12;15-7-10-12(19-21-13(10)8-5-6-8)9-3-1-2-4-11(9)20-14(16,17)18;8-7-4-5-1-2-6(7)3-5/h2*1-6,12-14,18H,7-11H2;1-4,8H,5-7H2;1-2,5-8H,3-4H2/t12-,14+,18+;12-,14+,18-;;/m00../s1. The van der Waals surface area contributed by atoms with Gasteiger partial charge < -0.3 is 42.4 Å². The Balaban J connectivity index is 0.000000118. The molecule has 9 atom stereocenters. The Hall–Kier alpha value is -6.36. The number of benzene rings is 3. The fourth-order valence-electron chi connectivity index (χ4n) is 12.6. The van der Waals surface area contributed by atoms with Gasteiger partial charge in [-0.3, -0.25) is 0 Å². The summed E-state index contributed by atoms with van der Waals surface area (Å²) in [5, 5.41) is 21.8. The molecule has 9 aliphatic rings. The topological polar surface area (TPSA) is 144 Å². The first-order chi connectivity index (χ1) is 40.8. The van der Waals surface area contributed by atoms with Gasteiger partial charge >= 0.3 is 19.1 Å².